The van der Waals surface area contributed by atoms with E-state index in [1.807, 2.05) is 6.92 Å². The van der Waals surface area contributed by atoms with Gasteiger partial charge in [-0.3, -0.25) is 14.5 Å². The lowest BCUT2D eigenvalue weighted by Gasteiger charge is -2.35. The van der Waals surface area contributed by atoms with E-state index in [0.29, 0.717) is 25.3 Å². The Labute approximate surface area is 143 Å². The number of imide groups is 1. The number of nitrogens with zero attached hydrogens (tertiary/aromatic N) is 2. The highest BCUT2D eigenvalue weighted by atomic mass is 16.2. The highest BCUT2D eigenvalue weighted by Gasteiger charge is 2.52. The summed E-state index contributed by atoms with van der Waals surface area (Å²) in [6.07, 6.45) is 4.40. The molecule has 0 aromatic heterocycles. The molecule has 1 saturated carbocycles. The summed E-state index contributed by atoms with van der Waals surface area (Å²) in [5, 5.41) is 6.12. The monoisotopic (exact) mass is 336 g/mol. The Balaban J connectivity index is 1.65. The Morgan fingerprint density at radius 1 is 1.29 bits per heavy atom. The molecule has 2 saturated heterocycles. The Hall–Kier alpha value is -1.63. The van der Waals surface area contributed by atoms with Crippen LogP contribution in [0.15, 0.2) is 0 Å². The highest BCUT2D eigenvalue weighted by molar-refractivity contribution is 6.09. The molecule has 134 valence electrons. The quantitative estimate of drug-likeness (QED) is 0.743. The topological polar surface area (TPSA) is 81.8 Å². The minimum atomic E-state index is -0.766. The smallest absolute Gasteiger partial charge is 0.325 e. The summed E-state index contributed by atoms with van der Waals surface area (Å²) in [7, 11) is 0. The molecule has 4 amide bonds. The summed E-state index contributed by atoms with van der Waals surface area (Å²) < 4.78 is 0. The van der Waals surface area contributed by atoms with Crippen molar-refractivity contribution in [1.82, 2.24) is 20.4 Å². The van der Waals surface area contributed by atoms with Crippen LogP contribution in [0.25, 0.3) is 0 Å². The zero-order valence-electron chi connectivity index (χ0n) is 14.6. The number of piperazine rings is 1. The molecule has 2 N–H and O–H groups in total. The van der Waals surface area contributed by atoms with E-state index in [2.05, 4.69) is 17.6 Å². The molecule has 0 radical (unpaired) electrons. The minimum Gasteiger partial charge on any atom is -0.336 e. The molecule has 3 rings (SSSR count). The van der Waals surface area contributed by atoms with Crippen LogP contribution in [-0.2, 0) is 9.59 Å². The maximum Gasteiger partial charge on any atom is 0.325 e. The summed E-state index contributed by atoms with van der Waals surface area (Å²) >= 11 is 0. The lowest BCUT2D eigenvalue weighted by molar-refractivity contribution is -0.141. The van der Waals surface area contributed by atoms with Crippen molar-refractivity contribution < 1.29 is 14.4 Å². The van der Waals surface area contributed by atoms with Crippen molar-refractivity contribution >= 4 is 17.8 Å². The van der Waals surface area contributed by atoms with E-state index in [-0.39, 0.29) is 24.4 Å². The largest absolute Gasteiger partial charge is 0.336 e. The van der Waals surface area contributed by atoms with Gasteiger partial charge in [-0.05, 0) is 38.5 Å². The maximum absolute atomic E-state index is 12.8. The third-order valence-corrected chi connectivity index (χ3v) is 5.90. The van der Waals surface area contributed by atoms with Gasteiger partial charge in [0.05, 0.1) is 0 Å². The van der Waals surface area contributed by atoms with E-state index in [1.54, 1.807) is 4.90 Å². The molecular weight excluding hydrogens is 308 g/mol. The van der Waals surface area contributed by atoms with Crippen LogP contribution in [0.5, 0.6) is 0 Å². The first kappa shape index (κ1) is 17.2. The highest BCUT2D eigenvalue weighted by Crippen LogP contribution is 2.37. The average molecular weight is 336 g/mol. The number of carbonyl (C=O) groups is 3. The molecule has 0 aromatic carbocycles. The number of hydrogen-bond donors (Lipinski definition) is 2. The fourth-order valence-corrected chi connectivity index (χ4v) is 4.17. The molecule has 0 bridgehead atoms. The second-order valence-electron chi connectivity index (χ2n) is 7.40. The van der Waals surface area contributed by atoms with E-state index in [0.717, 1.165) is 37.3 Å². The first-order valence-electron chi connectivity index (χ1n) is 9.11. The van der Waals surface area contributed by atoms with Crippen LogP contribution < -0.4 is 10.6 Å². The molecule has 1 atom stereocenters. The van der Waals surface area contributed by atoms with Gasteiger partial charge in [0.25, 0.3) is 5.91 Å². The number of nitrogens with one attached hydrogen (secondary N) is 2. The van der Waals surface area contributed by atoms with Crippen LogP contribution in [0.4, 0.5) is 4.79 Å². The molecule has 3 fully saturated rings. The van der Waals surface area contributed by atoms with Gasteiger partial charge in [0.2, 0.25) is 5.91 Å². The summed E-state index contributed by atoms with van der Waals surface area (Å²) in [6, 6.07) is -0.327. The van der Waals surface area contributed by atoms with E-state index < -0.39 is 11.6 Å². The van der Waals surface area contributed by atoms with Gasteiger partial charge in [0.15, 0.2) is 0 Å². The van der Waals surface area contributed by atoms with Crippen molar-refractivity contribution in [2.45, 2.75) is 57.5 Å². The molecule has 1 spiro atoms. The Morgan fingerprint density at radius 2 is 2.00 bits per heavy atom. The summed E-state index contributed by atoms with van der Waals surface area (Å²) in [5.41, 5.74) is -0.766. The van der Waals surface area contributed by atoms with Crippen LogP contribution in [0.3, 0.4) is 0 Å². The van der Waals surface area contributed by atoms with Crippen LogP contribution in [-0.4, -0.2) is 65.4 Å². The van der Waals surface area contributed by atoms with Crippen LogP contribution in [0, 0.1) is 5.92 Å². The van der Waals surface area contributed by atoms with Gasteiger partial charge in [0, 0.05) is 25.7 Å². The number of amides is 4. The summed E-state index contributed by atoms with van der Waals surface area (Å²) in [6.45, 7) is 6.11. The molecule has 3 aliphatic rings. The van der Waals surface area contributed by atoms with E-state index >= 15 is 0 Å². The minimum absolute atomic E-state index is 0.0842. The van der Waals surface area contributed by atoms with Gasteiger partial charge in [-0.2, -0.15) is 0 Å². The van der Waals surface area contributed by atoms with Crippen LogP contribution in [0.2, 0.25) is 0 Å². The number of carbonyl (C=O) groups excluding carboxylic acids is 3. The van der Waals surface area contributed by atoms with Crippen molar-refractivity contribution in [3.05, 3.63) is 0 Å². The van der Waals surface area contributed by atoms with Crippen molar-refractivity contribution in [2.24, 2.45) is 5.92 Å². The van der Waals surface area contributed by atoms with Crippen molar-refractivity contribution in [3.63, 3.8) is 0 Å². The van der Waals surface area contributed by atoms with Crippen molar-refractivity contribution in [2.75, 3.05) is 26.2 Å². The molecule has 1 unspecified atom stereocenters. The average Bonchev–Trinajstić information content (AvgIpc) is 2.80. The third-order valence-electron chi connectivity index (χ3n) is 5.90. The van der Waals surface area contributed by atoms with Gasteiger partial charge in [-0.25, -0.2) is 4.79 Å². The second kappa shape index (κ2) is 6.70. The van der Waals surface area contributed by atoms with Gasteiger partial charge in [-0.1, -0.05) is 13.3 Å². The van der Waals surface area contributed by atoms with Gasteiger partial charge < -0.3 is 15.5 Å². The first-order chi connectivity index (χ1) is 11.5. The fraction of sp³-hybridized carbons (Fsp3) is 0.824. The zero-order chi connectivity index (χ0) is 17.3. The summed E-state index contributed by atoms with van der Waals surface area (Å²) in [4.78, 5) is 40.6. The molecular formula is C17H28N4O3. The zero-order valence-corrected chi connectivity index (χ0v) is 14.6. The van der Waals surface area contributed by atoms with Crippen molar-refractivity contribution in [1.29, 1.82) is 0 Å². The molecule has 1 aliphatic carbocycles. The maximum atomic E-state index is 12.8. The second-order valence-corrected chi connectivity index (χ2v) is 7.40. The number of hydrogen-bond acceptors (Lipinski definition) is 4. The SMILES string of the molecule is CCC1CCC2(CC1)NC(=O)N(CC(=O)N1CCNCC1C)C2=O. The lowest BCUT2D eigenvalue weighted by atomic mass is 9.75. The molecule has 24 heavy (non-hydrogen) atoms. The molecule has 7 nitrogen and oxygen atoms in total. The molecule has 0 aromatic rings. The standard InChI is InChI=1S/C17H28N4O3/c1-3-13-4-6-17(7-5-13)15(23)21(16(24)19-17)11-14(22)20-9-8-18-10-12(20)2/h12-13,18H,3-11H2,1-2H3,(H,19,24). The molecule has 2 heterocycles. The van der Waals surface area contributed by atoms with Gasteiger partial charge in [-0.15, -0.1) is 0 Å². The van der Waals surface area contributed by atoms with E-state index in [1.165, 1.54) is 0 Å². The van der Waals surface area contributed by atoms with Gasteiger partial charge in [0.1, 0.15) is 12.1 Å². The molecule has 7 heteroatoms. The fourth-order valence-electron chi connectivity index (χ4n) is 4.17. The van der Waals surface area contributed by atoms with Crippen molar-refractivity contribution in [3.8, 4) is 0 Å². The Morgan fingerprint density at radius 3 is 2.62 bits per heavy atom. The lowest BCUT2D eigenvalue weighted by Crippen LogP contribution is -2.55. The predicted molar refractivity (Wildman–Crippen MR) is 89.3 cm³/mol. The van der Waals surface area contributed by atoms with Crippen LogP contribution in [0.1, 0.15) is 46.0 Å². The first-order valence-corrected chi connectivity index (χ1v) is 9.11. The normalized spacial score (nSPS) is 33.9. The third kappa shape index (κ3) is 3.01. The Bertz CT molecular complexity index is 528. The van der Waals surface area contributed by atoms with E-state index in [9.17, 15) is 14.4 Å². The van der Waals surface area contributed by atoms with E-state index in [4.69, 9.17) is 0 Å². The Kier molecular flexibility index (Phi) is 4.80. The van der Waals surface area contributed by atoms with Crippen LogP contribution >= 0.6 is 0 Å². The number of urea groups is 1. The summed E-state index contributed by atoms with van der Waals surface area (Å²) in [5.74, 6) is 0.280. The number of rotatable bonds is 3. The molecule has 2 aliphatic heterocycles. The predicted octanol–water partition coefficient (Wildman–Crippen LogP) is 0.698. The van der Waals surface area contributed by atoms with Gasteiger partial charge >= 0.3 is 6.03 Å².